The smallest absolute Gasteiger partial charge is 0.136 e. The highest BCUT2D eigenvalue weighted by atomic mass is 16.1. The van der Waals surface area contributed by atoms with Gasteiger partial charge in [-0.05, 0) is 38.6 Å². The lowest BCUT2D eigenvalue weighted by Gasteiger charge is -2.29. The molecule has 86 valence electrons. The maximum absolute atomic E-state index is 12.0. The SMILES string of the molecule is C=C(C)CCC(=O)C1CCCCC1CN. The molecule has 15 heavy (non-hydrogen) atoms. The topological polar surface area (TPSA) is 43.1 Å². The molecule has 1 aliphatic rings. The van der Waals surface area contributed by atoms with E-state index in [1.165, 1.54) is 12.8 Å². The average molecular weight is 209 g/mol. The summed E-state index contributed by atoms with van der Waals surface area (Å²) in [5.41, 5.74) is 6.82. The van der Waals surface area contributed by atoms with Crippen molar-refractivity contribution in [3.05, 3.63) is 12.2 Å². The number of carbonyl (C=O) groups is 1. The Kier molecular flexibility index (Phi) is 5.03. The van der Waals surface area contributed by atoms with E-state index in [0.29, 0.717) is 24.7 Å². The zero-order valence-electron chi connectivity index (χ0n) is 9.80. The van der Waals surface area contributed by atoms with Crippen LogP contribution in [0.2, 0.25) is 0 Å². The van der Waals surface area contributed by atoms with Gasteiger partial charge in [0.1, 0.15) is 5.78 Å². The van der Waals surface area contributed by atoms with Crippen LogP contribution in [0.4, 0.5) is 0 Å². The van der Waals surface area contributed by atoms with Gasteiger partial charge in [-0.1, -0.05) is 18.4 Å². The lowest BCUT2D eigenvalue weighted by molar-refractivity contribution is -0.125. The van der Waals surface area contributed by atoms with Gasteiger partial charge in [-0.3, -0.25) is 4.79 Å². The van der Waals surface area contributed by atoms with Gasteiger partial charge in [0.2, 0.25) is 0 Å². The maximum atomic E-state index is 12.0. The highest BCUT2D eigenvalue weighted by molar-refractivity contribution is 5.81. The normalized spacial score (nSPS) is 26.3. The molecule has 0 aromatic carbocycles. The fraction of sp³-hybridized carbons (Fsp3) is 0.769. The molecule has 0 heterocycles. The van der Waals surface area contributed by atoms with Crippen molar-refractivity contribution < 1.29 is 4.79 Å². The van der Waals surface area contributed by atoms with Gasteiger partial charge in [-0.15, -0.1) is 6.58 Å². The second-order valence-electron chi connectivity index (χ2n) is 4.81. The van der Waals surface area contributed by atoms with Crippen LogP contribution >= 0.6 is 0 Å². The molecular formula is C13H23NO. The predicted molar refractivity (Wildman–Crippen MR) is 63.6 cm³/mol. The van der Waals surface area contributed by atoms with Crippen molar-refractivity contribution in [2.75, 3.05) is 6.54 Å². The zero-order chi connectivity index (χ0) is 11.3. The molecule has 2 N–H and O–H groups in total. The Morgan fingerprint density at radius 3 is 2.60 bits per heavy atom. The molecule has 0 saturated heterocycles. The summed E-state index contributed by atoms with van der Waals surface area (Å²) in [5, 5.41) is 0. The third-order valence-corrected chi connectivity index (χ3v) is 3.42. The summed E-state index contributed by atoms with van der Waals surface area (Å²) in [5.74, 6) is 1.09. The van der Waals surface area contributed by atoms with E-state index < -0.39 is 0 Å². The molecular weight excluding hydrogens is 186 g/mol. The largest absolute Gasteiger partial charge is 0.330 e. The Morgan fingerprint density at radius 1 is 1.33 bits per heavy atom. The van der Waals surface area contributed by atoms with Gasteiger partial charge < -0.3 is 5.73 Å². The Balaban J connectivity index is 2.44. The molecule has 1 aliphatic carbocycles. The molecule has 1 saturated carbocycles. The van der Waals surface area contributed by atoms with E-state index in [0.717, 1.165) is 24.8 Å². The molecule has 0 aliphatic heterocycles. The van der Waals surface area contributed by atoms with Crippen molar-refractivity contribution in [2.45, 2.75) is 45.4 Å². The first-order valence-electron chi connectivity index (χ1n) is 6.02. The van der Waals surface area contributed by atoms with Crippen molar-refractivity contribution >= 4 is 5.78 Å². The van der Waals surface area contributed by atoms with Crippen LogP contribution in [0.5, 0.6) is 0 Å². The van der Waals surface area contributed by atoms with Crippen LogP contribution < -0.4 is 5.73 Å². The third-order valence-electron chi connectivity index (χ3n) is 3.42. The molecule has 0 spiro atoms. The Bertz CT molecular complexity index is 235. The number of rotatable bonds is 5. The van der Waals surface area contributed by atoms with E-state index in [-0.39, 0.29) is 5.92 Å². The van der Waals surface area contributed by atoms with Crippen LogP contribution in [0.25, 0.3) is 0 Å². The van der Waals surface area contributed by atoms with Crippen LogP contribution in [0.1, 0.15) is 45.4 Å². The molecule has 0 aromatic heterocycles. The first-order chi connectivity index (χ1) is 7.15. The molecule has 2 heteroatoms. The lowest BCUT2D eigenvalue weighted by atomic mass is 9.76. The molecule has 2 unspecified atom stereocenters. The molecule has 0 radical (unpaired) electrons. The highest BCUT2D eigenvalue weighted by Gasteiger charge is 2.28. The second-order valence-corrected chi connectivity index (χ2v) is 4.81. The van der Waals surface area contributed by atoms with Gasteiger partial charge in [0, 0.05) is 12.3 Å². The summed E-state index contributed by atoms with van der Waals surface area (Å²) in [6.45, 7) is 6.49. The van der Waals surface area contributed by atoms with Crippen LogP contribution in [-0.2, 0) is 4.79 Å². The van der Waals surface area contributed by atoms with Crippen LogP contribution in [0.15, 0.2) is 12.2 Å². The number of ketones is 1. The van der Waals surface area contributed by atoms with Crippen molar-refractivity contribution in [2.24, 2.45) is 17.6 Å². The Hall–Kier alpha value is -0.630. The fourth-order valence-electron chi connectivity index (χ4n) is 2.44. The summed E-state index contributed by atoms with van der Waals surface area (Å²) >= 11 is 0. The quantitative estimate of drug-likeness (QED) is 0.707. The van der Waals surface area contributed by atoms with Crippen molar-refractivity contribution in [1.29, 1.82) is 0 Å². The molecule has 0 aromatic rings. The van der Waals surface area contributed by atoms with Crippen LogP contribution in [0.3, 0.4) is 0 Å². The summed E-state index contributed by atoms with van der Waals surface area (Å²) < 4.78 is 0. The summed E-state index contributed by atoms with van der Waals surface area (Å²) in [6, 6.07) is 0. The van der Waals surface area contributed by atoms with Gasteiger partial charge in [0.15, 0.2) is 0 Å². The Morgan fingerprint density at radius 2 is 2.00 bits per heavy atom. The minimum absolute atomic E-state index is 0.239. The molecule has 1 fully saturated rings. The standard InChI is InChI=1S/C13H23NO/c1-10(2)7-8-13(15)12-6-4-3-5-11(12)9-14/h11-12H,1,3-9,14H2,2H3. The molecule has 2 atom stereocenters. The number of allylic oxidation sites excluding steroid dienone is 1. The van der Waals surface area contributed by atoms with E-state index in [9.17, 15) is 4.79 Å². The van der Waals surface area contributed by atoms with E-state index in [4.69, 9.17) is 5.73 Å². The van der Waals surface area contributed by atoms with Crippen molar-refractivity contribution in [3.63, 3.8) is 0 Å². The zero-order valence-corrected chi connectivity index (χ0v) is 9.80. The summed E-state index contributed by atoms with van der Waals surface area (Å²) in [7, 11) is 0. The first-order valence-corrected chi connectivity index (χ1v) is 6.02. The number of Topliss-reactive ketones (excluding diaryl/α,β-unsaturated/α-hetero) is 1. The van der Waals surface area contributed by atoms with Gasteiger partial charge in [-0.25, -0.2) is 0 Å². The van der Waals surface area contributed by atoms with Crippen molar-refractivity contribution in [1.82, 2.24) is 0 Å². The predicted octanol–water partition coefficient (Wildman–Crippen LogP) is 2.68. The Labute approximate surface area is 92.9 Å². The number of hydrogen-bond acceptors (Lipinski definition) is 2. The van der Waals surface area contributed by atoms with Gasteiger partial charge >= 0.3 is 0 Å². The molecule has 2 nitrogen and oxygen atoms in total. The monoisotopic (exact) mass is 209 g/mol. The maximum Gasteiger partial charge on any atom is 0.136 e. The van der Waals surface area contributed by atoms with Crippen molar-refractivity contribution in [3.8, 4) is 0 Å². The number of hydrogen-bond donors (Lipinski definition) is 1. The second kappa shape index (κ2) is 6.06. The summed E-state index contributed by atoms with van der Waals surface area (Å²) in [6.07, 6.45) is 6.13. The molecule has 0 bridgehead atoms. The minimum Gasteiger partial charge on any atom is -0.330 e. The average Bonchev–Trinajstić information content (AvgIpc) is 2.25. The van der Waals surface area contributed by atoms with Gasteiger partial charge in [-0.2, -0.15) is 0 Å². The van der Waals surface area contributed by atoms with E-state index >= 15 is 0 Å². The van der Waals surface area contributed by atoms with E-state index in [1.807, 2.05) is 6.92 Å². The minimum atomic E-state index is 0.239. The lowest BCUT2D eigenvalue weighted by Crippen LogP contribution is -2.32. The van der Waals surface area contributed by atoms with E-state index in [2.05, 4.69) is 6.58 Å². The first kappa shape index (κ1) is 12.4. The number of carbonyl (C=O) groups excluding carboxylic acids is 1. The third kappa shape index (κ3) is 3.78. The summed E-state index contributed by atoms with van der Waals surface area (Å²) in [4.78, 5) is 12.0. The van der Waals surface area contributed by atoms with Gasteiger partial charge in [0.25, 0.3) is 0 Å². The molecule has 0 amide bonds. The van der Waals surface area contributed by atoms with E-state index in [1.54, 1.807) is 0 Å². The highest BCUT2D eigenvalue weighted by Crippen LogP contribution is 2.31. The molecule has 1 rings (SSSR count). The van der Waals surface area contributed by atoms with Crippen LogP contribution in [0, 0.1) is 11.8 Å². The number of nitrogens with two attached hydrogens (primary N) is 1. The van der Waals surface area contributed by atoms with Crippen LogP contribution in [-0.4, -0.2) is 12.3 Å². The van der Waals surface area contributed by atoms with Gasteiger partial charge in [0.05, 0.1) is 0 Å². The fourth-order valence-corrected chi connectivity index (χ4v) is 2.44.